The highest BCUT2D eigenvalue weighted by atomic mass is 16.6. The van der Waals surface area contributed by atoms with Crippen LogP contribution in [0.25, 0.3) is 0 Å². The Morgan fingerprint density at radius 3 is 2.80 bits per heavy atom. The van der Waals surface area contributed by atoms with Crippen LogP contribution < -0.4 is 10.1 Å². The molecule has 3 aliphatic rings. The van der Waals surface area contributed by atoms with E-state index in [1.165, 1.54) is 10.5 Å². The molecule has 4 rings (SSSR count). The van der Waals surface area contributed by atoms with Gasteiger partial charge >= 0.3 is 6.03 Å². The van der Waals surface area contributed by atoms with Crippen LogP contribution in [-0.2, 0) is 16.0 Å². The average Bonchev–Trinajstić information content (AvgIpc) is 3.16. The van der Waals surface area contributed by atoms with Crippen molar-refractivity contribution in [1.29, 1.82) is 0 Å². The van der Waals surface area contributed by atoms with E-state index in [4.69, 9.17) is 9.47 Å². The lowest BCUT2D eigenvalue weighted by Crippen LogP contribution is -2.63. The highest BCUT2D eigenvalue weighted by molar-refractivity contribution is 6.03. The van der Waals surface area contributed by atoms with E-state index in [9.17, 15) is 9.59 Å². The molecule has 1 aromatic rings. The lowest BCUT2D eigenvalue weighted by atomic mass is 10.1. The van der Waals surface area contributed by atoms with Crippen LogP contribution in [0.4, 0.5) is 4.79 Å². The van der Waals surface area contributed by atoms with E-state index in [-0.39, 0.29) is 12.0 Å². The molecule has 25 heavy (non-hydrogen) atoms. The maximum absolute atomic E-state index is 12.2. The third kappa shape index (κ3) is 2.67. The smallest absolute Gasteiger partial charge is 0.325 e. The summed E-state index contributed by atoms with van der Waals surface area (Å²) >= 11 is 0. The number of aliphatic imine (C=N–C) groups is 1. The Balaban J connectivity index is 1.40. The molecule has 8 heteroatoms. The molecule has 0 aromatic heterocycles. The molecule has 3 aliphatic heterocycles. The molecule has 0 aliphatic carbocycles. The van der Waals surface area contributed by atoms with Crippen LogP contribution >= 0.6 is 0 Å². The predicted molar refractivity (Wildman–Crippen MR) is 89.2 cm³/mol. The van der Waals surface area contributed by atoms with Gasteiger partial charge in [0.1, 0.15) is 12.4 Å². The molecule has 3 heterocycles. The second kappa shape index (κ2) is 5.94. The van der Waals surface area contributed by atoms with E-state index in [1.54, 1.807) is 11.9 Å². The number of hydrogen-bond acceptors (Lipinski definition) is 6. The summed E-state index contributed by atoms with van der Waals surface area (Å²) < 4.78 is 11.6. The Morgan fingerprint density at radius 2 is 2.08 bits per heavy atom. The third-order valence-electron chi connectivity index (χ3n) is 4.76. The van der Waals surface area contributed by atoms with Crippen molar-refractivity contribution in [3.05, 3.63) is 29.8 Å². The van der Waals surface area contributed by atoms with Crippen molar-refractivity contribution in [3.8, 4) is 5.75 Å². The lowest BCUT2D eigenvalue weighted by Gasteiger charge is -2.34. The number of carbonyl (C=O) groups is 2. The van der Waals surface area contributed by atoms with Gasteiger partial charge in [0.25, 0.3) is 11.9 Å². The molecule has 1 N–H and O–H groups in total. The van der Waals surface area contributed by atoms with Crippen molar-refractivity contribution in [1.82, 2.24) is 15.1 Å². The number of carbonyl (C=O) groups excluding carboxylic acids is 2. The highest BCUT2D eigenvalue weighted by Crippen LogP contribution is 2.29. The Morgan fingerprint density at radius 1 is 1.32 bits per heavy atom. The van der Waals surface area contributed by atoms with E-state index in [0.717, 1.165) is 12.2 Å². The topological polar surface area (TPSA) is 83.5 Å². The summed E-state index contributed by atoms with van der Waals surface area (Å²) in [6.07, 6.45) is 0.253. The number of fused-ring (bicyclic) bond motifs is 3. The number of amides is 3. The third-order valence-corrected chi connectivity index (χ3v) is 4.76. The highest BCUT2D eigenvalue weighted by Gasteiger charge is 2.52. The Labute approximate surface area is 145 Å². The van der Waals surface area contributed by atoms with Gasteiger partial charge in [0.2, 0.25) is 0 Å². The number of hydrogen-bond donors (Lipinski definition) is 1. The van der Waals surface area contributed by atoms with Crippen molar-refractivity contribution in [2.75, 3.05) is 20.2 Å². The fourth-order valence-corrected chi connectivity index (χ4v) is 3.29. The van der Waals surface area contributed by atoms with Gasteiger partial charge in [0.05, 0.1) is 6.54 Å². The van der Waals surface area contributed by atoms with Gasteiger partial charge in [0, 0.05) is 7.05 Å². The predicted octanol–water partition coefficient (Wildman–Crippen LogP) is 0.575. The minimum absolute atomic E-state index is 0.207. The Bertz CT molecular complexity index is 733. The molecule has 2 saturated heterocycles. The van der Waals surface area contributed by atoms with Gasteiger partial charge in [-0.1, -0.05) is 19.1 Å². The molecule has 3 unspecified atom stereocenters. The molecule has 0 radical (unpaired) electrons. The summed E-state index contributed by atoms with van der Waals surface area (Å²) in [7, 11) is 1.62. The molecular formula is C17H20N4O4. The van der Waals surface area contributed by atoms with Crippen molar-refractivity contribution in [2.24, 2.45) is 4.99 Å². The number of benzene rings is 1. The quantitative estimate of drug-likeness (QED) is 0.864. The van der Waals surface area contributed by atoms with Crippen molar-refractivity contribution < 1.29 is 19.1 Å². The van der Waals surface area contributed by atoms with E-state index in [2.05, 4.69) is 17.2 Å². The monoisotopic (exact) mass is 344 g/mol. The largest absolute Gasteiger partial charge is 0.490 e. The summed E-state index contributed by atoms with van der Waals surface area (Å²) in [5.41, 5.74) is 1.26. The average molecular weight is 344 g/mol. The maximum atomic E-state index is 12.2. The summed E-state index contributed by atoms with van der Waals surface area (Å²) in [5, 5.41) is 2.34. The van der Waals surface area contributed by atoms with Crippen LogP contribution in [0, 0.1) is 0 Å². The first kappa shape index (κ1) is 15.7. The van der Waals surface area contributed by atoms with Crippen LogP contribution in [0.1, 0.15) is 12.5 Å². The van der Waals surface area contributed by atoms with Crippen LogP contribution in [-0.4, -0.2) is 66.3 Å². The summed E-state index contributed by atoms with van der Waals surface area (Å²) in [6.45, 7) is 2.98. The zero-order chi connectivity index (χ0) is 17.6. The zero-order valence-corrected chi connectivity index (χ0v) is 14.1. The summed E-state index contributed by atoms with van der Waals surface area (Å²) in [6, 6.07) is 7.39. The van der Waals surface area contributed by atoms with Gasteiger partial charge in [-0.05, 0) is 24.1 Å². The van der Waals surface area contributed by atoms with Gasteiger partial charge in [0.15, 0.2) is 18.3 Å². The molecule has 3 atom stereocenters. The lowest BCUT2D eigenvalue weighted by molar-refractivity contribution is -0.127. The second-order valence-electron chi connectivity index (χ2n) is 6.38. The van der Waals surface area contributed by atoms with Crippen molar-refractivity contribution in [3.63, 3.8) is 0 Å². The first-order valence-electron chi connectivity index (χ1n) is 8.37. The van der Waals surface area contributed by atoms with E-state index in [0.29, 0.717) is 19.2 Å². The normalized spacial score (nSPS) is 27.4. The summed E-state index contributed by atoms with van der Waals surface area (Å²) in [5.74, 6) is 0.445. The molecule has 0 bridgehead atoms. The first-order chi connectivity index (χ1) is 12.1. The molecule has 0 saturated carbocycles. The number of ether oxygens (including phenoxy) is 2. The number of amidine groups is 1. The second-order valence-corrected chi connectivity index (χ2v) is 6.38. The van der Waals surface area contributed by atoms with Crippen molar-refractivity contribution in [2.45, 2.75) is 31.7 Å². The number of aryl methyl sites for hydroxylation is 1. The molecule has 2 fully saturated rings. The molecule has 0 spiro atoms. The molecule has 1 aromatic carbocycles. The molecular weight excluding hydrogens is 324 g/mol. The number of nitrogens with one attached hydrogen (secondary N) is 1. The van der Waals surface area contributed by atoms with E-state index < -0.39 is 18.2 Å². The van der Waals surface area contributed by atoms with Crippen LogP contribution in [0.2, 0.25) is 0 Å². The maximum Gasteiger partial charge on any atom is 0.325 e. The number of likely N-dealkylation sites (N-methyl/N-ethyl adjacent to an activating group) is 1. The van der Waals surface area contributed by atoms with Crippen molar-refractivity contribution >= 4 is 18.0 Å². The van der Waals surface area contributed by atoms with Gasteiger partial charge < -0.3 is 19.3 Å². The molecule has 8 nitrogen and oxygen atoms in total. The standard InChI is InChI=1S/C17H20N4O4/c1-3-10-4-6-11(7-5-10)24-9-12-8-21-13-14(18-17(21)25-12)20(2)16(23)19-15(13)22/h4-7,12-14H,3,8-9H2,1-2H3,(H,19,22,23). The summed E-state index contributed by atoms with van der Waals surface area (Å²) in [4.78, 5) is 31.5. The number of imide groups is 1. The van der Waals surface area contributed by atoms with E-state index >= 15 is 0 Å². The van der Waals surface area contributed by atoms with E-state index in [1.807, 2.05) is 24.3 Å². The minimum Gasteiger partial charge on any atom is -0.490 e. The van der Waals surface area contributed by atoms with Gasteiger partial charge in [-0.2, -0.15) is 0 Å². The van der Waals surface area contributed by atoms with Crippen LogP contribution in [0.15, 0.2) is 29.3 Å². The first-order valence-corrected chi connectivity index (χ1v) is 8.37. The molecule has 132 valence electrons. The number of nitrogens with zero attached hydrogens (tertiary/aromatic N) is 3. The molecule has 3 amide bonds. The fourth-order valence-electron chi connectivity index (χ4n) is 3.29. The number of rotatable bonds is 4. The minimum atomic E-state index is -0.536. The Kier molecular flexibility index (Phi) is 3.74. The van der Waals surface area contributed by atoms with Gasteiger partial charge in [-0.3, -0.25) is 10.1 Å². The zero-order valence-electron chi connectivity index (χ0n) is 14.1. The van der Waals surface area contributed by atoms with Crippen LogP contribution in [0.3, 0.4) is 0 Å². The fraction of sp³-hybridized carbons (Fsp3) is 0.471. The SMILES string of the molecule is CCc1ccc(OCC2CN3C(=NC4C3C(=O)NC(=O)N4C)O2)cc1. The van der Waals surface area contributed by atoms with Gasteiger partial charge in [-0.15, -0.1) is 0 Å². The Hall–Kier alpha value is -2.77. The number of urea groups is 1. The van der Waals surface area contributed by atoms with Gasteiger partial charge in [-0.25, -0.2) is 9.79 Å². The van der Waals surface area contributed by atoms with Crippen LogP contribution in [0.5, 0.6) is 5.75 Å².